The maximum absolute atomic E-state index is 5.80. The summed E-state index contributed by atoms with van der Waals surface area (Å²) in [5, 5.41) is 1.08. The highest BCUT2D eigenvalue weighted by atomic mass is 32.1. The van der Waals surface area contributed by atoms with Crippen molar-refractivity contribution in [3.8, 4) is 0 Å². The van der Waals surface area contributed by atoms with Gasteiger partial charge in [0.25, 0.3) is 0 Å². The predicted molar refractivity (Wildman–Crippen MR) is 81.4 cm³/mol. The molecular formula is C15H21N3S. The lowest BCUT2D eigenvalue weighted by Gasteiger charge is -2.19. The van der Waals surface area contributed by atoms with E-state index in [0.29, 0.717) is 0 Å². The summed E-state index contributed by atoms with van der Waals surface area (Å²) in [6, 6.07) is 4.47. The second kappa shape index (κ2) is 5.41. The van der Waals surface area contributed by atoms with E-state index in [1.165, 1.54) is 27.1 Å². The Morgan fingerprint density at radius 1 is 1.05 bits per heavy atom. The van der Waals surface area contributed by atoms with Crippen LogP contribution in [0.1, 0.15) is 43.9 Å². The van der Waals surface area contributed by atoms with Crippen molar-refractivity contribution < 1.29 is 0 Å². The van der Waals surface area contributed by atoms with Crippen molar-refractivity contribution in [2.75, 3.05) is 0 Å². The average Bonchev–Trinajstić information content (AvgIpc) is 2.66. The summed E-state index contributed by atoms with van der Waals surface area (Å²) in [7, 11) is 0. The van der Waals surface area contributed by atoms with Gasteiger partial charge >= 0.3 is 0 Å². The third-order valence-electron chi connectivity index (χ3n) is 3.56. The Morgan fingerprint density at radius 2 is 1.68 bits per heavy atom. The first-order chi connectivity index (χ1) is 8.93. The van der Waals surface area contributed by atoms with Gasteiger partial charge in [0, 0.05) is 0 Å². The van der Waals surface area contributed by atoms with E-state index in [1.54, 1.807) is 11.3 Å². The van der Waals surface area contributed by atoms with Crippen molar-refractivity contribution in [2.45, 2.75) is 40.7 Å². The number of hydrogen-bond donors (Lipinski definition) is 2. The van der Waals surface area contributed by atoms with Crippen LogP contribution in [0.4, 0.5) is 0 Å². The molecule has 0 saturated carbocycles. The average molecular weight is 275 g/mol. The quantitative estimate of drug-likeness (QED) is 0.668. The van der Waals surface area contributed by atoms with Crippen molar-refractivity contribution in [2.24, 2.45) is 5.84 Å². The molecule has 1 aromatic heterocycles. The van der Waals surface area contributed by atoms with Crippen LogP contribution in [0, 0.1) is 34.6 Å². The first kappa shape index (κ1) is 14.2. The molecule has 0 saturated heterocycles. The Labute approximate surface area is 118 Å². The maximum Gasteiger partial charge on any atom is 0.0900 e. The van der Waals surface area contributed by atoms with Gasteiger partial charge in [0.15, 0.2) is 0 Å². The van der Waals surface area contributed by atoms with E-state index >= 15 is 0 Å². The minimum atomic E-state index is 0.0190. The lowest BCUT2D eigenvalue weighted by Crippen LogP contribution is -2.29. The van der Waals surface area contributed by atoms with Crippen LogP contribution in [0.2, 0.25) is 0 Å². The van der Waals surface area contributed by atoms with Gasteiger partial charge in [0.05, 0.1) is 21.6 Å². The number of nitrogens with zero attached hydrogens (tertiary/aromatic N) is 1. The van der Waals surface area contributed by atoms with Crippen molar-refractivity contribution in [1.29, 1.82) is 0 Å². The van der Waals surface area contributed by atoms with Gasteiger partial charge in [-0.15, -0.1) is 11.3 Å². The fraction of sp³-hybridized carbons (Fsp3) is 0.400. The van der Waals surface area contributed by atoms with Crippen LogP contribution in [0.3, 0.4) is 0 Å². The molecule has 102 valence electrons. The Bertz CT molecular complexity index is 602. The van der Waals surface area contributed by atoms with Crippen molar-refractivity contribution in [3.63, 3.8) is 0 Å². The molecule has 1 aromatic carbocycles. The number of thiazole rings is 1. The van der Waals surface area contributed by atoms with Crippen molar-refractivity contribution in [1.82, 2.24) is 10.4 Å². The highest BCUT2D eigenvalue weighted by Gasteiger charge is 2.20. The highest BCUT2D eigenvalue weighted by Crippen LogP contribution is 2.32. The van der Waals surface area contributed by atoms with E-state index in [-0.39, 0.29) is 6.04 Å². The Hall–Kier alpha value is -1.23. The van der Waals surface area contributed by atoms with Crippen LogP contribution >= 0.6 is 11.3 Å². The number of rotatable bonds is 3. The molecule has 0 spiro atoms. The van der Waals surface area contributed by atoms with Crippen LogP contribution in [0.15, 0.2) is 12.1 Å². The third kappa shape index (κ3) is 2.71. The number of nitrogens with two attached hydrogens (primary N) is 1. The zero-order chi connectivity index (χ0) is 14.2. The molecule has 19 heavy (non-hydrogen) atoms. The molecule has 1 atom stereocenters. The lowest BCUT2D eigenvalue weighted by atomic mass is 9.95. The molecule has 1 unspecified atom stereocenters. The maximum atomic E-state index is 5.80. The fourth-order valence-corrected chi connectivity index (χ4v) is 3.42. The van der Waals surface area contributed by atoms with Gasteiger partial charge in [-0.25, -0.2) is 10.4 Å². The molecule has 3 N–H and O–H groups in total. The minimum absolute atomic E-state index is 0.0190. The minimum Gasteiger partial charge on any atom is -0.271 e. The molecule has 0 aliphatic carbocycles. The van der Waals surface area contributed by atoms with Gasteiger partial charge < -0.3 is 0 Å². The predicted octanol–water partition coefficient (Wildman–Crippen LogP) is 3.24. The summed E-state index contributed by atoms with van der Waals surface area (Å²) in [4.78, 5) is 5.70. The molecule has 0 fully saturated rings. The number of hydrazine groups is 1. The number of benzene rings is 1. The molecule has 2 aromatic rings. The molecule has 0 aliphatic rings. The molecule has 4 heteroatoms. The van der Waals surface area contributed by atoms with Crippen LogP contribution in [0.5, 0.6) is 0 Å². The van der Waals surface area contributed by atoms with Crippen LogP contribution in [0.25, 0.3) is 0 Å². The molecular weight excluding hydrogens is 254 g/mol. The first-order valence-electron chi connectivity index (χ1n) is 6.41. The zero-order valence-electron chi connectivity index (χ0n) is 12.2. The Morgan fingerprint density at radius 3 is 2.21 bits per heavy atom. The van der Waals surface area contributed by atoms with E-state index < -0.39 is 0 Å². The smallest absolute Gasteiger partial charge is 0.0900 e. The second-order valence-corrected chi connectivity index (χ2v) is 6.31. The molecule has 2 rings (SSSR count). The summed E-state index contributed by atoms with van der Waals surface area (Å²) in [6.07, 6.45) is 0. The second-order valence-electron chi connectivity index (χ2n) is 5.08. The van der Waals surface area contributed by atoms with Gasteiger partial charge in [0.1, 0.15) is 0 Å². The fourth-order valence-electron chi connectivity index (χ4n) is 2.42. The van der Waals surface area contributed by atoms with Gasteiger partial charge in [0.2, 0.25) is 0 Å². The summed E-state index contributed by atoms with van der Waals surface area (Å²) >= 11 is 1.71. The van der Waals surface area contributed by atoms with E-state index in [1.807, 2.05) is 13.8 Å². The largest absolute Gasteiger partial charge is 0.271 e. The number of nitrogens with one attached hydrogen (secondary N) is 1. The van der Waals surface area contributed by atoms with E-state index in [4.69, 9.17) is 5.84 Å². The molecule has 0 amide bonds. The molecule has 0 aliphatic heterocycles. The standard InChI is InChI=1S/C15H21N3S/c1-8-6-10(3)13(7-9(8)2)14(18-16)15-11(4)17-12(5)19-15/h6-7,14,18H,16H2,1-5H3. The molecule has 0 radical (unpaired) electrons. The SMILES string of the molecule is Cc1nc(C)c(C(NN)c2cc(C)c(C)cc2C)s1. The molecule has 1 heterocycles. The van der Waals surface area contributed by atoms with Gasteiger partial charge in [-0.05, 0) is 56.9 Å². The first-order valence-corrected chi connectivity index (χ1v) is 7.23. The molecule has 0 bridgehead atoms. The van der Waals surface area contributed by atoms with Gasteiger partial charge in [-0.2, -0.15) is 0 Å². The van der Waals surface area contributed by atoms with Crippen LogP contribution in [-0.4, -0.2) is 4.98 Å². The number of aryl methyl sites for hydroxylation is 5. The van der Waals surface area contributed by atoms with Gasteiger partial charge in [-0.3, -0.25) is 5.84 Å². The van der Waals surface area contributed by atoms with Crippen molar-refractivity contribution in [3.05, 3.63) is 50.0 Å². The number of hydrogen-bond acceptors (Lipinski definition) is 4. The third-order valence-corrected chi connectivity index (χ3v) is 4.70. The molecule has 3 nitrogen and oxygen atoms in total. The van der Waals surface area contributed by atoms with Crippen LogP contribution in [-0.2, 0) is 0 Å². The van der Waals surface area contributed by atoms with E-state index in [9.17, 15) is 0 Å². The Kier molecular flexibility index (Phi) is 4.04. The van der Waals surface area contributed by atoms with Crippen molar-refractivity contribution >= 4 is 11.3 Å². The summed E-state index contributed by atoms with van der Waals surface area (Å²) in [6.45, 7) is 10.5. The number of aromatic nitrogens is 1. The highest BCUT2D eigenvalue weighted by molar-refractivity contribution is 7.11. The Balaban J connectivity index is 2.54. The monoisotopic (exact) mass is 275 g/mol. The van der Waals surface area contributed by atoms with Crippen LogP contribution < -0.4 is 11.3 Å². The summed E-state index contributed by atoms with van der Waals surface area (Å²) < 4.78 is 0. The lowest BCUT2D eigenvalue weighted by molar-refractivity contribution is 0.638. The zero-order valence-corrected chi connectivity index (χ0v) is 13.0. The van der Waals surface area contributed by atoms with Gasteiger partial charge in [-0.1, -0.05) is 12.1 Å². The summed E-state index contributed by atoms with van der Waals surface area (Å²) in [5.74, 6) is 5.80. The summed E-state index contributed by atoms with van der Waals surface area (Å²) in [5.41, 5.74) is 9.10. The van der Waals surface area contributed by atoms with E-state index in [0.717, 1.165) is 10.7 Å². The topological polar surface area (TPSA) is 50.9 Å². The van der Waals surface area contributed by atoms with E-state index in [2.05, 4.69) is 43.3 Å². The normalized spacial score (nSPS) is 12.7.